The largest absolute Gasteiger partial charge is 0.352 e. The predicted octanol–water partition coefficient (Wildman–Crippen LogP) is 5.85. The van der Waals surface area contributed by atoms with E-state index < -0.39 is 0 Å². The molecule has 0 spiro atoms. The number of anilines is 2. The van der Waals surface area contributed by atoms with E-state index >= 15 is 0 Å². The van der Waals surface area contributed by atoms with Gasteiger partial charge in [0.2, 0.25) is 5.91 Å². The van der Waals surface area contributed by atoms with Crippen molar-refractivity contribution in [2.24, 2.45) is 5.92 Å². The lowest BCUT2D eigenvalue weighted by molar-refractivity contribution is -0.123. The van der Waals surface area contributed by atoms with Crippen molar-refractivity contribution in [3.63, 3.8) is 0 Å². The Morgan fingerprint density at radius 2 is 1.54 bits per heavy atom. The van der Waals surface area contributed by atoms with Gasteiger partial charge in [-0.2, -0.15) is 0 Å². The van der Waals surface area contributed by atoms with Crippen LogP contribution in [0.2, 0.25) is 0 Å². The number of hydrogen-bond acceptors (Lipinski definition) is 7. The molecule has 2 aromatic heterocycles. The quantitative estimate of drug-likeness (QED) is 0.409. The number of carbonyl (C=O) groups excluding carboxylic acids is 1. The minimum absolute atomic E-state index is 0.0456. The Bertz CT molecular complexity index is 1240. The Morgan fingerprint density at radius 3 is 2.22 bits per heavy atom. The number of amides is 1. The van der Waals surface area contributed by atoms with Crippen LogP contribution in [0.4, 0.5) is 11.5 Å². The van der Waals surface area contributed by atoms with Crippen molar-refractivity contribution in [1.82, 2.24) is 30.1 Å². The standard InChI is InChI=1S/C29H35N7O.2C2H6/c1-20-26(14-21-5-6-21)34-28(37)19-36-11-9-35(10-12-36)18-22-3-2-4-25(13-22)33-27-15-23(7-8-30-27)24-16-31-29(20)32-17-24;2*1-2/h2-4,7-8,13,15-17,20-21,26H,5-6,9-12,14,18-19H2,1H3,(H,30,33)(H,34,37);2*1-2H3. The van der Waals surface area contributed by atoms with Crippen molar-refractivity contribution in [3.05, 3.63) is 66.4 Å². The molecular weight excluding hydrogens is 510 g/mol. The first-order valence-electron chi connectivity index (χ1n) is 15.5. The van der Waals surface area contributed by atoms with Gasteiger partial charge in [0.1, 0.15) is 11.6 Å². The smallest absolute Gasteiger partial charge is 0.234 e. The molecule has 1 amide bonds. The average Bonchev–Trinajstić information content (AvgIpc) is 3.84. The number of pyridine rings is 1. The highest BCUT2D eigenvalue weighted by atomic mass is 16.2. The second-order valence-corrected chi connectivity index (χ2v) is 10.8. The fraction of sp³-hybridized carbons (Fsp3) is 0.515. The van der Waals surface area contributed by atoms with Crippen LogP contribution in [-0.2, 0) is 11.3 Å². The Balaban J connectivity index is 0.000000929. The molecule has 2 fully saturated rings. The summed E-state index contributed by atoms with van der Waals surface area (Å²) in [6.45, 7) is 15.2. The molecule has 8 heteroatoms. The van der Waals surface area contributed by atoms with Gasteiger partial charge in [-0.1, -0.05) is 59.6 Å². The van der Waals surface area contributed by atoms with Crippen molar-refractivity contribution in [2.45, 2.75) is 72.4 Å². The van der Waals surface area contributed by atoms with E-state index in [1.807, 2.05) is 58.4 Å². The fourth-order valence-corrected chi connectivity index (χ4v) is 5.40. The minimum Gasteiger partial charge on any atom is -0.352 e. The Kier molecular flexibility index (Phi) is 11.2. The molecule has 8 bridgehead atoms. The van der Waals surface area contributed by atoms with E-state index in [4.69, 9.17) is 9.97 Å². The van der Waals surface area contributed by atoms with E-state index in [9.17, 15) is 4.79 Å². The van der Waals surface area contributed by atoms with Gasteiger partial charge in [0.15, 0.2) is 0 Å². The summed E-state index contributed by atoms with van der Waals surface area (Å²) >= 11 is 0. The molecule has 1 aromatic carbocycles. The first-order valence-corrected chi connectivity index (χ1v) is 15.5. The maximum atomic E-state index is 13.1. The maximum Gasteiger partial charge on any atom is 0.234 e. The van der Waals surface area contributed by atoms with Gasteiger partial charge < -0.3 is 10.6 Å². The third-order valence-electron chi connectivity index (χ3n) is 7.84. The van der Waals surface area contributed by atoms with Crippen molar-refractivity contribution < 1.29 is 4.79 Å². The van der Waals surface area contributed by atoms with Crippen LogP contribution in [0.25, 0.3) is 11.1 Å². The average molecular weight is 558 g/mol. The molecule has 220 valence electrons. The van der Waals surface area contributed by atoms with Crippen LogP contribution in [0.15, 0.2) is 55.0 Å². The highest BCUT2D eigenvalue weighted by Gasteiger charge is 2.31. The molecule has 41 heavy (non-hydrogen) atoms. The van der Waals surface area contributed by atoms with Gasteiger partial charge in [0.05, 0.1) is 6.54 Å². The van der Waals surface area contributed by atoms with Crippen molar-refractivity contribution >= 4 is 17.4 Å². The number of nitrogens with zero attached hydrogens (tertiary/aromatic N) is 5. The van der Waals surface area contributed by atoms with Crippen LogP contribution in [-0.4, -0.2) is 69.4 Å². The number of aromatic nitrogens is 3. The zero-order chi connectivity index (χ0) is 29.2. The highest BCUT2D eigenvalue weighted by molar-refractivity contribution is 5.78. The normalized spacial score (nSPS) is 23.9. The number of carbonyl (C=O) groups is 1. The Morgan fingerprint density at radius 1 is 0.854 bits per heavy atom. The lowest BCUT2D eigenvalue weighted by Gasteiger charge is -2.35. The lowest BCUT2D eigenvalue weighted by Crippen LogP contribution is -2.50. The number of rotatable bonds is 2. The monoisotopic (exact) mass is 557 g/mol. The van der Waals surface area contributed by atoms with Crippen LogP contribution >= 0.6 is 0 Å². The van der Waals surface area contributed by atoms with Crippen molar-refractivity contribution in [1.29, 1.82) is 0 Å². The molecule has 5 aliphatic heterocycles. The maximum absolute atomic E-state index is 13.1. The summed E-state index contributed by atoms with van der Waals surface area (Å²) < 4.78 is 0. The molecule has 1 saturated carbocycles. The zero-order valence-corrected chi connectivity index (χ0v) is 25.4. The molecule has 8 nitrogen and oxygen atoms in total. The summed E-state index contributed by atoms with van der Waals surface area (Å²) in [5.41, 5.74) is 4.24. The number of hydrogen-bond donors (Lipinski definition) is 2. The fourth-order valence-electron chi connectivity index (χ4n) is 5.40. The number of piperazine rings is 1. The van der Waals surface area contributed by atoms with Gasteiger partial charge in [-0.3, -0.25) is 14.6 Å². The number of benzene rings is 1. The van der Waals surface area contributed by atoms with E-state index in [0.717, 1.165) is 67.6 Å². The number of nitrogens with one attached hydrogen (secondary N) is 2. The molecule has 2 N–H and O–H groups in total. The minimum atomic E-state index is 0.0456. The zero-order valence-electron chi connectivity index (χ0n) is 25.4. The molecule has 2 atom stereocenters. The van der Waals surface area contributed by atoms with Crippen molar-refractivity contribution in [3.8, 4) is 11.1 Å². The Labute approximate surface area is 246 Å². The van der Waals surface area contributed by atoms with Gasteiger partial charge in [0, 0.05) is 74.5 Å². The van der Waals surface area contributed by atoms with Crippen molar-refractivity contribution in [2.75, 3.05) is 38.0 Å². The molecule has 6 aliphatic rings. The molecule has 3 aromatic rings. The summed E-state index contributed by atoms with van der Waals surface area (Å²) in [6.07, 6.45) is 9.08. The van der Waals surface area contributed by atoms with E-state index in [-0.39, 0.29) is 17.9 Å². The molecule has 2 unspecified atom stereocenters. The molecule has 9 rings (SSSR count). The van der Waals surface area contributed by atoms with Crippen LogP contribution in [0.5, 0.6) is 0 Å². The van der Waals surface area contributed by atoms with E-state index in [1.165, 1.54) is 18.4 Å². The van der Waals surface area contributed by atoms with Gasteiger partial charge in [-0.25, -0.2) is 15.0 Å². The van der Waals surface area contributed by atoms with Crippen LogP contribution in [0, 0.1) is 5.92 Å². The van der Waals surface area contributed by atoms with Crippen LogP contribution in [0.3, 0.4) is 0 Å². The second-order valence-electron chi connectivity index (χ2n) is 10.8. The first-order chi connectivity index (χ1) is 20.1. The summed E-state index contributed by atoms with van der Waals surface area (Å²) in [4.78, 5) is 31.8. The summed E-state index contributed by atoms with van der Waals surface area (Å²) in [7, 11) is 0. The topological polar surface area (TPSA) is 86.3 Å². The van der Waals surface area contributed by atoms with E-state index in [2.05, 4.69) is 56.6 Å². The van der Waals surface area contributed by atoms with Gasteiger partial charge in [-0.05, 0) is 47.7 Å². The van der Waals surface area contributed by atoms with Crippen LogP contribution in [0.1, 0.15) is 71.2 Å². The van der Waals surface area contributed by atoms with E-state index in [0.29, 0.717) is 12.5 Å². The van der Waals surface area contributed by atoms with Gasteiger partial charge in [0.25, 0.3) is 0 Å². The van der Waals surface area contributed by atoms with Gasteiger partial charge >= 0.3 is 0 Å². The summed E-state index contributed by atoms with van der Waals surface area (Å²) in [5, 5.41) is 6.82. The molecular formula is C33H47N7O. The first kappa shape index (κ1) is 30.6. The third kappa shape index (κ3) is 8.57. The van der Waals surface area contributed by atoms with E-state index in [1.54, 1.807) is 0 Å². The van der Waals surface area contributed by atoms with Gasteiger partial charge in [-0.15, -0.1) is 0 Å². The van der Waals surface area contributed by atoms with Crippen LogP contribution < -0.4 is 10.6 Å². The summed E-state index contributed by atoms with van der Waals surface area (Å²) in [5.74, 6) is 2.42. The second kappa shape index (κ2) is 15.0. The molecule has 0 radical (unpaired) electrons. The third-order valence-corrected chi connectivity index (χ3v) is 7.84. The molecule has 7 heterocycles. The molecule has 1 saturated heterocycles. The lowest BCUT2D eigenvalue weighted by atomic mass is 9.95. The predicted molar refractivity (Wildman–Crippen MR) is 167 cm³/mol. The highest BCUT2D eigenvalue weighted by Crippen LogP contribution is 2.36. The Hall–Kier alpha value is -3.36. The molecule has 1 aliphatic carbocycles. The summed E-state index contributed by atoms with van der Waals surface area (Å²) in [6, 6.07) is 12.6. The SMILES string of the molecule is CC.CC.CC1c2ncc(cn2)-c2ccnc(c2)Nc2cccc(c2)CN2CCN(CC2)CC(=O)NC1CC1CC1.